The Kier molecular flexibility index (Phi) is 6.28. The molecular formula is C23H33N5O. The minimum atomic E-state index is 0.0650. The summed E-state index contributed by atoms with van der Waals surface area (Å²) >= 11 is 0. The standard InChI is InChI=1S/C23H33N5O/c1-18-14-22(26(2)25-18)23(29)28(17-20-6-5-11-24-15-20)16-19-9-12-27(13-10-19)21-7-3-4-8-21/h5-6,11,14-15,19,21H,3-4,7-10,12-13,16-17H2,1-2H3. The maximum atomic E-state index is 13.4. The van der Waals surface area contributed by atoms with Gasteiger partial charge in [0.25, 0.3) is 5.91 Å². The number of pyridine rings is 1. The van der Waals surface area contributed by atoms with Crippen molar-refractivity contribution in [3.63, 3.8) is 0 Å². The molecule has 6 heteroatoms. The van der Waals surface area contributed by atoms with E-state index >= 15 is 0 Å². The van der Waals surface area contributed by atoms with E-state index in [1.807, 2.05) is 43.3 Å². The summed E-state index contributed by atoms with van der Waals surface area (Å²) in [5.74, 6) is 0.623. The van der Waals surface area contributed by atoms with Crippen LogP contribution in [-0.2, 0) is 13.6 Å². The first-order valence-corrected chi connectivity index (χ1v) is 11.0. The summed E-state index contributed by atoms with van der Waals surface area (Å²) in [7, 11) is 1.85. The third kappa shape index (κ3) is 4.86. The first-order chi connectivity index (χ1) is 14.1. The van der Waals surface area contributed by atoms with Crippen molar-refractivity contribution in [3.05, 3.63) is 47.5 Å². The first-order valence-electron chi connectivity index (χ1n) is 11.0. The maximum Gasteiger partial charge on any atom is 0.272 e. The van der Waals surface area contributed by atoms with Crippen molar-refractivity contribution in [1.82, 2.24) is 24.6 Å². The molecule has 0 aromatic carbocycles. The SMILES string of the molecule is Cc1cc(C(=O)N(Cc2cccnc2)CC2CCN(C3CCCC3)CC2)n(C)n1. The van der Waals surface area contributed by atoms with Gasteiger partial charge in [0.05, 0.1) is 5.69 Å². The number of rotatable bonds is 6. The Hall–Kier alpha value is -2.21. The highest BCUT2D eigenvalue weighted by Gasteiger charge is 2.29. The van der Waals surface area contributed by atoms with Gasteiger partial charge in [0, 0.05) is 38.6 Å². The molecule has 0 spiro atoms. The molecule has 0 atom stereocenters. The number of hydrogen-bond acceptors (Lipinski definition) is 4. The monoisotopic (exact) mass is 395 g/mol. The lowest BCUT2D eigenvalue weighted by Gasteiger charge is -2.37. The number of likely N-dealkylation sites (tertiary alicyclic amines) is 1. The predicted octanol–water partition coefficient (Wildman–Crippen LogP) is 3.42. The lowest BCUT2D eigenvalue weighted by atomic mass is 9.94. The second-order valence-corrected chi connectivity index (χ2v) is 8.76. The van der Waals surface area contributed by atoms with Gasteiger partial charge in [-0.15, -0.1) is 0 Å². The van der Waals surface area contributed by atoms with Gasteiger partial charge in [-0.05, 0) is 69.3 Å². The van der Waals surface area contributed by atoms with Crippen molar-refractivity contribution in [2.75, 3.05) is 19.6 Å². The van der Waals surface area contributed by atoms with Gasteiger partial charge in [0.2, 0.25) is 0 Å². The van der Waals surface area contributed by atoms with Crippen molar-refractivity contribution in [2.45, 2.75) is 58.0 Å². The van der Waals surface area contributed by atoms with Gasteiger partial charge in [-0.25, -0.2) is 0 Å². The van der Waals surface area contributed by atoms with Gasteiger partial charge in [0.1, 0.15) is 5.69 Å². The molecule has 1 amide bonds. The fourth-order valence-corrected chi connectivity index (χ4v) is 4.99. The largest absolute Gasteiger partial charge is 0.333 e. The minimum absolute atomic E-state index is 0.0650. The number of piperidine rings is 1. The molecule has 0 N–H and O–H groups in total. The molecule has 2 aliphatic rings. The molecule has 156 valence electrons. The van der Waals surface area contributed by atoms with Crippen LogP contribution in [0.25, 0.3) is 0 Å². The molecule has 0 unspecified atom stereocenters. The van der Waals surface area contributed by atoms with Crippen molar-refractivity contribution in [2.24, 2.45) is 13.0 Å². The van der Waals surface area contributed by atoms with Crippen LogP contribution in [0.3, 0.4) is 0 Å². The van der Waals surface area contributed by atoms with Gasteiger partial charge < -0.3 is 9.80 Å². The van der Waals surface area contributed by atoms with Gasteiger partial charge in [0.15, 0.2) is 0 Å². The lowest BCUT2D eigenvalue weighted by Crippen LogP contribution is -2.44. The summed E-state index contributed by atoms with van der Waals surface area (Å²) in [5, 5.41) is 4.37. The third-order valence-corrected chi connectivity index (χ3v) is 6.57. The number of carbonyl (C=O) groups is 1. The van der Waals surface area contributed by atoms with E-state index in [0.29, 0.717) is 18.2 Å². The van der Waals surface area contributed by atoms with Gasteiger partial charge in [-0.3, -0.25) is 14.5 Å². The van der Waals surface area contributed by atoms with Crippen LogP contribution in [0.5, 0.6) is 0 Å². The van der Waals surface area contributed by atoms with Crippen LogP contribution in [-0.4, -0.2) is 56.1 Å². The molecule has 1 aliphatic carbocycles. The zero-order valence-electron chi connectivity index (χ0n) is 17.8. The second kappa shape index (κ2) is 9.08. The highest BCUT2D eigenvalue weighted by molar-refractivity contribution is 5.92. The molecule has 1 saturated heterocycles. The summed E-state index contributed by atoms with van der Waals surface area (Å²) in [6.45, 7) is 5.68. The zero-order chi connectivity index (χ0) is 20.2. The number of nitrogens with zero attached hydrogens (tertiary/aromatic N) is 5. The summed E-state index contributed by atoms with van der Waals surface area (Å²) in [4.78, 5) is 22.3. The zero-order valence-corrected chi connectivity index (χ0v) is 17.8. The second-order valence-electron chi connectivity index (χ2n) is 8.76. The van der Waals surface area contributed by atoms with Crippen LogP contribution in [0.2, 0.25) is 0 Å². The Morgan fingerprint density at radius 3 is 2.59 bits per heavy atom. The topological polar surface area (TPSA) is 54.3 Å². The Bertz CT molecular complexity index is 804. The van der Waals surface area contributed by atoms with E-state index in [1.165, 1.54) is 51.6 Å². The predicted molar refractivity (Wildman–Crippen MR) is 113 cm³/mol. The molecule has 0 radical (unpaired) electrons. The average molecular weight is 396 g/mol. The number of aryl methyl sites for hydroxylation is 2. The Morgan fingerprint density at radius 2 is 1.97 bits per heavy atom. The first kappa shape index (κ1) is 20.1. The van der Waals surface area contributed by atoms with Crippen LogP contribution in [0.1, 0.15) is 60.3 Å². The molecule has 29 heavy (non-hydrogen) atoms. The molecule has 2 fully saturated rings. The molecule has 1 saturated carbocycles. The van der Waals surface area contributed by atoms with E-state index in [4.69, 9.17) is 0 Å². The van der Waals surface area contributed by atoms with E-state index in [9.17, 15) is 4.79 Å². The Labute approximate surface area is 173 Å². The van der Waals surface area contributed by atoms with Crippen LogP contribution in [0.15, 0.2) is 30.6 Å². The number of hydrogen-bond donors (Lipinski definition) is 0. The van der Waals surface area contributed by atoms with Crippen LogP contribution in [0, 0.1) is 12.8 Å². The van der Waals surface area contributed by atoms with E-state index in [2.05, 4.69) is 15.0 Å². The molecule has 3 heterocycles. The van der Waals surface area contributed by atoms with Crippen molar-refractivity contribution in [3.8, 4) is 0 Å². The van der Waals surface area contributed by atoms with Crippen LogP contribution in [0.4, 0.5) is 0 Å². The van der Waals surface area contributed by atoms with Gasteiger partial charge in [-0.1, -0.05) is 18.9 Å². The normalized spacial score (nSPS) is 19.0. The fraction of sp³-hybridized carbons (Fsp3) is 0.609. The quantitative estimate of drug-likeness (QED) is 0.752. The molecular weight excluding hydrogens is 362 g/mol. The summed E-state index contributed by atoms with van der Waals surface area (Å²) in [6, 6.07) is 6.68. The number of amides is 1. The Morgan fingerprint density at radius 1 is 1.21 bits per heavy atom. The summed E-state index contributed by atoms with van der Waals surface area (Å²) in [5.41, 5.74) is 2.61. The number of aromatic nitrogens is 3. The van der Waals surface area contributed by atoms with E-state index < -0.39 is 0 Å². The molecule has 6 nitrogen and oxygen atoms in total. The highest BCUT2D eigenvalue weighted by Crippen LogP contribution is 2.28. The molecule has 2 aromatic rings. The van der Waals surface area contributed by atoms with E-state index in [1.54, 1.807) is 10.9 Å². The smallest absolute Gasteiger partial charge is 0.272 e. The summed E-state index contributed by atoms with van der Waals surface area (Å²) < 4.78 is 1.70. The lowest BCUT2D eigenvalue weighted by molar-refractivity contribution is 0.0640. The van der Waals surface area contributed by atoms with E-state index in [0.717, 1.165) is 23.8 Å². The van der Waals surface area contributed by atoms with Gasteiger partial charge >= 0.3 is 0 Å². The van der Waals surface area contributed by atoms with Crippen molar-refractivity contribution in [1.29, 1.82) is 0 Å². The molecule has 2 aromatic heterocycles. The van der Waals surface area contributed by atoms with Crippen LogP contribution >= 0.6 is 0 Å². The molecule has 4 rings (SSSR count). The molecule has 1 aliphatic heterocycles. The van der Waals surface area contributed by atoms with Crippen molar-refractivity contribution < 1.29 is 4.79 Å². The maximum absolute atomic E-state index is 13.4. The fourth-order valence-electron chi connectivity index (χ4n) is 4.99. The Balaban J connectivity index is 1.44. The minimum Gasteiger partial charge on any atom is -0.333 e. The van der Waals surface area contributed by atoms with E-state index in [-0.39, 0.29) is 5.91 Å². The highest BCUT2D eigenvalue weighted by atomic mass is 16.2. The van der Waals surface area contributed by atoms with Gasteiger partial charge in [-0.2, -0.15) is 5.10 Å². The third-order valence-electron chi connectivity index (χ3n) is 6.57. The molecule has 0 bridgehead atoms. The van der Waals surface area contributed by atoms with Crippen LogP contribution < -0.4 is 0 Å². The number of carbonyl (C=O) groups excluding carboxylic acids is 1. The van der Waals surface area contributed by atoms with Crippen molar-refractivity contribution >= 4 is 5.91 Å². The average Bonchev–Trinajstić information content (AvgIpc) is 3.38. The summed E-state index contributed by atoms with van der Waals surface area (Å²) in [6.07, 6.45) is 11.5.